The Hall–Kier alpha value is -2.68. The van der Waals surface area contributed by atoms with Crippen molar-refractivity contribution in [2.45, 2.75) is 6.54 Å². The molecule has 1 amide bonds. The molecule has 0 aliphatic carbocycles. The molecular formula is C15H10BrF2N5O. The summed E-state index contributed by atoms with van der Waals surface area (Å²) in [6.45, 7) is -0.212. The maximum atomic E-state index is 13.1. The summed E-state index contributed by atoms with van der Waals surface area (Å²) in [6.07, 6.45) is 0. The molecule has 0 atom stereocenters. The van der Waals surface area contributed by atoms with Gasteiger partial charge in [0.05, 0.1) is 0 Å². The maximum Gasteiger partial charge on any atom is 0.248 e. The van der Waals surface area contributed by atoms with Gasteiger partial charge in [0.1, 0.15) is 6.54 Å². The van der Waals surface area contributed by atoms with E-state index >= 15 is 0 Å². The second-order valence-electron chi connectivity index (χ2n) is 4.80. The molecule has 0 saturated heterocycles. The van der Waals surface area contributed by atoms with E-state index < -0.39 is 17.5 Å². The van der Waals surface area contributed by atoms with Crippen molar-refractivity contribution in [3.8, 4) is 11.4 Å². The first-order chi connectivity index (χ1) is 11.5. The molecule has 0 bridgehead atoms. The minimum absolute atomic E-state index is 0.144. The molecule has 3 rings (SSSR count). The van der Waals surface area contributed by atoms with E-state index in [-0.39, 0.29) is 12.2 Å². The van der Waals surface area contributed by atoms with Crippen LogP contribution in [0.25, 0.3) is 11.4 Å². The van der Waals surface area contributed by atoms with E-state index in [9.17, 15) is 13.6 Å². The number of amides is 1. The Morgan fingerprint density at radius 2 is 1.96 bits per heavy atom. The predicted molar refractivity (Wildman–Crippen MR) is 85.9 cm³/mol. The van der Waals surface area contributed by atoms with Crippen molar-refractivity contribution in [1.82, 2.24) is 20.2 Å². The number of carbonyl (C=O) groups excluding carboxylic acids is 1. The number of nitrogens with one attached hydrogen (secondary N) is 1. The van der Waals surface area contributed by atoms with E-state index in [0.29, 0.717) is 5.82 Å². The quantitative estimate of drug-likeness (QED) is 0.739. The Kier molecular flexibility index (Phi) is 4.61. The van der Waals surface area contributed by atoms with Crippen molar-refractivity contribution in [1.29, 1.82) is 0 Å². The van der Waals surface area contributed by atoms with Crippen molar-refractivity contribution in [3.05, 3.63) is 58.6 Å². The summed E-state index contributed by atoms with van der Waals surface area (Å²) >= 11 is 3.39. The summed E-state index contributed by atoms with van der Waals surface area (Å²) < 4.78 is 26.8. The third-order valence-corrected chi connectivity index (χ3v) is 3.75. The van der Waals surface area contributed by atoms with Gasteiger partial charge >= 0.3 is 0 Å². The summed E-state index contributed by atoms with van der Waals surface area (Å²) in [5.41, 5.74) is 0.884. The molecule has 0 aliphatic heterocycles. The molecule has 0 unspecified atom stereocenters. The van der Waals surface area contributed by atoms with Gasteiger partial charge in [-0.1, -0.05) is 28.1 Å². The lowest BCUT2D eigenvalue weighted by Crippen LogP contribution is -2.20. The number of hydrogen-bond donors (Lipinski definition) is 1. The minimum atomic E-state index is -1.04. The number of hydrogen-bond acceptors (Lipinski definition) is 4. The van der Waals surface area contributed by atoms with Crippen LogP contribution in [0.3, 0.4) is 0 Å². The van der Waals surface area contributed by atoms with Gasteiger partial charge in [-0.2, -0.15) is 4.80 Å². The summed E-state index contributed by atoms with van der Waals surface area (Å²) in [7, 11) is 0. The zero-order valence-corrected chi connectivity index (χ0v) is 13.7. The maximum absolute atomic E-state index is 13.1. The summed E-state index contributed by atoms with van der Waals surface area (Å²) in [6, 6.07) is 10.4. The Balaban J connectivity index is 1.69. The van der Waals surface area contributed by atoms with Gasteiger partial charge in [-0.05, 0) is 29.5 Å². The van der Waals surface area contributed by atoms with Crippen LogP contribution in [-0.4, -0.2) is 26.1 Å². The Morgan fingerprint density at radius 1 is 1.17 bits per heavy atom. The van der Waals surface area contributed by atoms with Crippen LogP contribution >= 0.6 is 15.9 Å². The number of rotatable bonds is 4. The van der Waals surface area contributed by atoms with Gasteiger partial charge in [-0.3, -0.25) is 4.79 Å². The van der Waals surface area contributed by atoms with Crippen LogP contribution in [0.5, 0.6) is 0 Å². The monoisotopic (exact) mass is 393 g/mol. The first-order valence-corrected chi connectivity index (χ1v) is 7.60. The number of halogens is 3. The Morgan fingerprint density at radius 3 is 2.71 bits per heavy atom. The van der Waals surface area contributed by atoms with Gasteiger partial charge in [0.15, 0.2) is 11.6 Å². The number of carbonyl (C=O) groups is 1. The average molecular weight is 394 g/mol. The van der Waals surface area contributed by atoms with Crippen LogP contribution in [0.1, 0.15) is 0 Å². The van der Waals surface area contributed by atoms with Gasteiger partial charge in [-0.25, -0.2) is 8.78 Å². The smallest absolute Gasteiger partial charge is 0.248 e. The van der Waals surface area contributed by atoms with Crippen LogP contribution in [0.4, 0.5) is 14.5 Å². The van der Waals surface area contributed by atoms with Gasteiger partial charge < -0.3 is 5.32 Å². The normalized spacial score (nSPS) is 10.6. The van der Waals surface area contributed by atoms with Crippen LogP contribution < -0.4 is 5.32 Å². The topological polar surface area (TPSA) is 72.7 Å². The van der Waals surface area contributed by atoms with Crippen LogP contribution in [0.15, 0.2) is 46.9 Å². The SMILES string of the molecule is O=C(Cn1nnc(-c2ccccc2Br)n1)Nc1ccc(F)c(F)c1. The highest BCUT2D eigenvalue weighted by atomic mass is 79.9. The fraction of sp³-hybridized carbons (Fsp3) is 0.0667. The van der Waals surface area contributed by atoms with Gasteiger partial charge in [0.2, 0.25) is 11.7 Å². The molecule has 0 aliphatic rings. The molecule has 0 fully saturated rings. The molecule has 1 heterocycles. The number of aromatic nitrogens is 4. The Bertz CT molecular complexity index is 899. The zero-order chi connectivity index (χ0) is 17.1. The van der Waals surface area contributed by atoms with E-state index in [2.05, 4.69) is 36.7 Å². The number of benzene rings is 2. The van der Waals surface area contributed by atoms with Crippen molar-refractivity contribution < 1.29 is 13.6 Å². The fourth-order valence-electron chi connectivity index (χ4n) is 1.96. The molecule has 0 spiro atoms. The van der Waals surface area contributed by atoms with E-state index in [4.69, 9.17) is 0 Å². The van der Waals surface area contributed by atoms with E-state index in [0.717, 1.165) is 27.0 Å². The molecule has 0 radical (unpaired) electrons. The highest BCUT2D eigenvalue weighted by Crippen LogP contribution is 2.24. The highest BCUT2D eigenvalue weighted by Gasteiger charge is 2.12. The summed E-state index contributed by atoms with van der Waals surface area (Å²) in [5, 5.41) is 14.3. The predicted octanol–water partition coefficient (Wildman–Crippen LogP) is 3.02. The van der Waals surface area contributed by atoms with Crippen molar-refractivity contribution >= 4 is 27.5 Å². The lowest BCUT2D eigenvalue weighted by molar-refractivity contribution is -0.117. The Labute approximate surface area is 143 Å². The van der Waals surface area contributed by atoms with Crippen molar-refractivity contribution in [2.24, 2.45) is 0 Å². The van der Waals surface area contributed by atoms with E-state index in [1.165, 1.54) is 6.07 Å². The number of tetrazole rings is 1. The third-order valence-electron chi connectivity index (χ3n) is 3.06. The van der Waals surface area contributed by atoms with Crippen molar-refractivity contribution in [3.63, 3.8) is 0 Å². The fourth-order valence-corrected chi connectivity index (χ4v) is 2.43. The van der Waals surface area contributed by atoms with Crippen LogP contribution in [-0.2, 0) is 11.3 Å². The van der Waals surface area contributed by atoms with E-state index in [1.807, 2.05) is 24.3 Å². The van der Waals surface area contributed by atoms with Gasteiger partial charge in [0, 0.05) is 21.8 Å². The van der Waals surface area contributed by atoms with E-state index in [1.54, 1.807) is 0 Å². The first kappa shape index (κ1) is 16.2. The van der Waals surface area contributed by atoms with Gasteiger partial charge in [-0.15, -0.1) is 10.2 Å². The molecule has 122 valence electrons. The summed E-state index contributed by atoms with van der Waals surface area (Å²) in [4.78, 5) is 13.0. The van der Waals surface area contributed by atoms with Crippen molar-refractivity contribution in [2.75, 3.05) is 5.32 Å². The molecule has 3 aromatic rings. The number of nitrogens with zero attached hydrogens (tertiary/aromatic N) is 4. The molecule has 9 heteroatoms. The van der Waals surface area contributed by atoms with Crippen LogP contribution in [0.2, 0.25) is 0 Å². The second kappa shape index (κ2) is 6.83. The molecular weight excluding hydrogens is 384 g/mol. The number of anilines is 1. The zero-order valence-electron chi connectivity index (χ0n) is 12.1. The second-order valence-corrected chi connectivity index (χ2v) is 5.65. The highest BCUT2D eigenvalue weighted by molar-refractivity contribution is 9.10. The lowest BCUT2D eigenvalue weighted by atomic mass is 10.2. The standard InChI is InChI=1S/C15H10BrF2N5O/c16-11-4-2-1-3-10(11)15-20-22-23(21-15)8-14(24)19-9-5-6-12(17)13(18)7-9/h1-7H,8H2,(H,19,24). The summed E-state index contributed by atoms with van der Waals surface area (Å²) in [5.74, 6) is -2.15. The molecule has 0 saturated carbocycles. The molecule has 24 heavy (non-hydrogen) atoms. The first-order valence-electron chi connectivity index (χ1n) is 6.80. The molecule has 6 nitrogen and oxygen atoms in total. The van der Waals surface area contributed by atoms with Crippen LogP contribution in [0, 0.1) is 11.6 Å². The third kappa shape index (κ3) is 3.62. The van der Waals surface area contributed by atoms with Gasteiger partial charge in [0.25, 0.3) is 0 Å². The molecule has 1 N–H and O–H groups in total. The molecule has 1 aromatic heterocycles. The minimum Gasteiger partial charge on any atom is -0.324 e. The lowest BCUT2D eigenvalue weighted by Gasteiger charge is -2.04. The largest absolute Gasteiger partial charge is 0.324 e. The molecule has 2 aromatic carbocycles. The average Bonchev–Trinajstić information content (AvgIpc) is 2.99.